The normalized spacial score (nSPS) is 10.7. The van der Waals surface area contributed by atoms with Crippen molar-refractivity contribution in [3.05, 3.63) is 41.7 Å². The Hall–Kier alpha value is -1.81. The molecule has 0 amide bonds. The summed E-state index contributed by atoms with van der Waals surface area (Å²) in [5, 5.41) is 4.45. The van der Waals surface area contributed by atoms with Gasteiger partial charge in [0.2, 0.25) is 0 Å². The molecule has 1 heterocycles. The predicted molar refractivity (Wildman–Crippen MR) is 76.6 cm³/mol. The van der Waals surface area contributed by atoms with Gasteiger partial charge in [-0.1, -0.05) is 13.3 Å². The Morgan fingerprint density at radius 2 is 1.95 bits per heavy atom. The largest absolute Gasteiger partial charge is 0.494 e. The molecule has 0 unspecified atom stereocenters. The molecule has 1 aromatic heterocycles. The van der Waals surface area contributed by atoms with Crippen LogP contribution in [-0.4, -0.2) is 16.4 Å². The molecule has 0 saturated heterocycles. The Balaban J connectivity index is 2.32. The number of benzene rings is 1. The van der Waals surface area contributed by atoms with Gasteiger partial charge < -0.3 is 10.5 Å². The van der Waals surface area contributed by atoms with Crippen LogP contribution in [0.4, 0.5) is 0 Å². The molecule has 0 fully saturated rings. The van der Waals surface area contributed by atoms with Crippen LogP contribution in [0.25, 0.3) is 5.69 Å². The Morgan fingerprint density at radius 3 is 2.53 bits per heavy atom. The van der Waals surface area contributed by atoms with E-state index in [9.17, 15) is 0 Å². The van der Waals surface area contributed by atoms with E-state index in [0.29, 0.717) is 13.2 Å². The molecule has 0 saturated carbocycles. The van der Waals surface area contributed by atoms with Crippen molar-refractivity contribution in [2.24, 2.45) is 5.73 Å². The fraction of sp³-hybridized carbons (Fsp3) is 0.400. The highest BCUT2D eigenvalue weighted by atomic mass is 16.5. The average Bonchev–Trinajstić information content (AvgIpc) is 2.83. The molecule has 0 atom stereocenters. The van der Waals surface area contributed by atoms with E-state index in [1.807, 2.05) is 42.1 Å². The zero-order valence-corrected chi connectivity index (χ0v) is 11.6. The number of hydrogen-bond acceptors (Lipinski definition) is 3. The van der Waals surface area contributed by atoms with Gasteiger partial charge in [0, 0.05) is 17.8 Å². The Bertz CT molecular complexity index is 517. The predicted octanol–water partition coefficient (Wildman–Crippen LogP) is 2.68. The third-order valence-electron chi connectivity index (χ3n) is 3.05. The molecule has 102 valence electrons. The Labute approximate surface area is 114 Å². The van der Waals surface area contributed by atoms with Crippen LogP contribution in [0.15, 0.2) is 30.5 Å². The third-order valence-corrected chi connectivity index (χ3v) is 3.05. The van der Waals surface area contributed by atoms with Crippen LogP contribution in [0.5, 0.6) is 5.75 Å². The molecule has 1 aromatic carbocycles. The fourth-order valence-electron chi connectivity index (χ4n) is 2.15. The van der Waals surface area contributed by atoms with E-state index in [0.717, 1.165) is 29.8 Å². The van der Waals surface area contributed by atoms with E-state index in [2.05, 4.69) is 12.0 Å². The number of nitrogens with two attached hydrogens (primary N) is 1. The van der Waals surface area contributed by atoms with Crippen LogP contribution in [0.3, 0.4) is 0 Å². The molecule has 0 bridgehead atoms. The van der Waals surface area contributed by atoms with Crippen molar-refractivity contribution in [2.75, 3.05) is 6.61 Å². The van der Waals surface area contributed by atoms with E-state index >= 15 is 0 Å². The molecule has 2 rings (SSSR count). The molecule has 4 nitrogen and oxygen atoms in total. The van der Waals surface area contributed by atoms with Gasteiger partial charge >= 0.3 is 0 Å². The van der Waals surface area contributed by atoms with Gasteiger partial charge in [-0.15, -0.1) is 0 Å². The first kappa shape index (κ1) is 13.6. The van der Waals surface area contributed by atoms with Gasteiger partial charge in [0.15, 0.2) is 0 Å². The minimum absolute atomic E-state index is 0.534. The zero-order chi connectivity index (χ0) is 13.7. The quantitative estimate of drug-likeness (QED) is 0.867. The molecular weight excluding hydrogens is 238 g/mol. The van der Waals surface area contributed by atoms with Crippen LogP contribution >= 0.6 is 0 Å². The van der Waals surface area contributed by atoms with Gasteiger partial charge in [0.05, 0.1) is 18.5 Å². The first-order chi connectivity index (χ1) is 9.30. The van der Waals surface area contributed by atoms with Crippen LogP contribution in [0.2, 0.25) is 0 Å². The van der Waals surface area contributed by atoms with Crippen LogP contribution in [-0.2, 0) is 13.0 Å². The molecule has 19 heavy (non-hydrogen) atoms. The molecule has 0 aliphatic carbocycles. The summed E-state index contributed by atoms with van der Waals surface area (Å²) in [6.07, 6.45) is 3.93. The highest BCUT2D eigenvalue weighted by molar-refractivity contribution is 5.39. The second-order valence-electron chi connectivity index (χ2n) is 4.41. The summed E-state index contributed by atoms with van der Waals surface area (Å²) >= 11 is 0. The second kappa shape index (κ2) is 6.38. The number of aromatic nitrogens is 2. The highest BCUT2D eigenvalue weighted by Crippen LogP contribution is 2.19. The van der Waals surface area contributed by atoms with Crippen LogP contribution in [0, 0.1) is 0 Å². The van der Waals surface area contributed by atoms with Gasteiger partial charge in [-0.25, -0.2) is 4.68 Å². The minimum atomic E-state index is 0.534. The average molecular weight is 259 g/mol. The third kappa shape index (κ3) is 2.96. The summed E-state index contributed by atoms with van der Waals surface area (Å²) in [5.74, 6) is 0.884. The topological polar surface area (TPSA) is 53.1 Å². The number of nitrogens with zero attached hydrogens (tertiary/aromatic N) is 2. The summed E-state index contributed by atoms with van der Waals surface area (Å²) in [6, 6.07) is 7.99. The zero-order valence-electron chi connectivity index (χ0n) is 11.6. The standard InChI is InChI=1S/C15H21N3O/c1-3-5-15-12(10-16)11-17-18(15)13-6-8-14(9-7-13)19-4-2/h6-9,11H,3-5,10,16H2,1-2H3. The molecule has 4 heteroatoms. The summed E-state index contributed by atoms with van der Waals surface area (Å²) in [5.41, 5.74) is 9.13. The molecule has 0 radical (unpaired) electrons. The maximum absolute atomic E-state index is 5.76. The number of rotatable bonds is 6. The first-order valence-corrected chi connectivity index (χ1v) is 6.79. The SMILES string of the molecule is CCCc1c(CN)cnn1-c1ccc(OCC)cc1. The smallest absolute Gasteiger partial charge is 0.119 e. The van der Waals surface area contributed by atoms with Crippen molar-refractivity contribution < 1.29 is 4.74 Å². The van der Waals surface area contributed by atoms with E-state index in [1.165, 1.54) is 5.69 Å². The lowest BCUT2D eigenvalue weighted by Crippen LogP contribution is -2.06. The second-order valence-corrected chi connectivity index (χ2v) is 4.41. The monoisotopic (exact) mass is 259 g/mol. The lowest BCUT2D eigenvalue weighted by molar-refractivity contribution is 0.340. The number of hydrogen-bond donors (Lipinski definition) is 1. The van der Waals surface area contributed by atoms with Crippen molar-refractivity contribution in [3.63, 3.8) is 0 Å². The molecule has 0 spiro atoms. The summed E-state index contributed by atoms with van der Waals surface area (Å²) in [6.45, 7) is 5.36. The molecule has 0 aliphatic rings. The molecule has 0 aliphatic heterocycles. The van der Waals surface area contributed by atoms with Crippen molar-refractivity contribution in [3.8, 4) is 11.4 Å². The summed E-state index contributed by atoms with van der Waals surface area (Å²) in [7, 11) is 0. The molecule has 2 N–H and O–H groups in total. The van der Waals surface area contributed by atoms with Crippen molar-refractivity contribution in [1.82, 2.24) is 9.78 Å². The van der Waals surface area contributed by atoms with Gasteiger partial charge in [-0.05, 0) is 37.6 Å². The van der Waals surface area contributed by atoms with Gasteiger partial charge in [-0.3, -0.25) is 0 Å². The Kier molecular flexibility index (Phi) is 4.58. The van der Waals surface area contributed by atoms with Gasteiger partial charge in [0.1, 0.15) is 5.75 Å². The summed E-state index contributed by atoms with van der Waals surface area (Å²) < 4.78 is 7.42. The molecular formula is C15H21N3O. The van der Waals surface area contributed by atoms with Crippen LogP contribution < -0.4 is 10.5 Å². The van der Waals surface area contributed by atoms with Gasteiger partial charge in [0.25, 0.3) is 0 Å². The number of ether oxygens (including phenoxy) is 1. The lowest BCUT2D eigenvalue weighted by Gasteiger charge is -2.09. The Morgan fingerprint density at radius 1 is 1.21 bits per heavy atom. The maximum Gasteiger partial charge on any atom is 0.119 e. The summed E-state index contributed by atoms with van der Waals surface area (Å²) in [4.78, 5) is 0. The fourth-order valence-corrected chi connectivity index (χ4v) is 2.15. The van der Waals surface area contributed by atoms with Crippen molar-refractivity contribution in [2.45, 2.75) is 33.2 Å². The van der Waals surface area contributed by atoms with E-state index in [-0.39, 0.29) is 0 Å². The van der Waals surface area contributed by atoms with Gasteiger partial charge in [-0.2, -0.15) is 5.10 Å². The van der Waals surface area contributed by atoms with Crippen molar-refractivity contribution in [1.29, 1.82) is 0 Å². The van der Waals surface area contributed by atoms with Crippen LogP contribution in [0.1, 0.15) is 31.5 Å². The lowest BCUT2D eigenvalue weighted by atomic mass is 10.1. The van der Waals surface area contributed by atoms with E-state index in [1.54, 1.807) is 0 Å². The molecule has 2 aromatic rings. The van der Waals surface area contributed by atoms with E-state index in [4.69, 9.17) is 10.5 Å². The highest BCUT2D eigenvalue weighted by Gasteiger charge is 2.10. The van der Waals surface area contributed by atoms with E-state index < -0.39 is 0 Å². The first-order valence-electron chi connectivity index (χ1n) is 6.79. The maximum atomic E-state index is 5.76. The van der Waals surface area contributed by atoms with Crippen molar-refractivity contribution >= 4 is 0 Å². The minimum Gasteiger partial charge on any atom is -0.494 e.